The van der Waals surface area contributed by atoms with Crippen LogP contribution in [0.4, 0.5) is 5.95 Å². The van der Waals surface area contributed by atoms with E-state index in [0.29, 0.717) is 17.9 Å². The van der Waals surface area contributed by atoms with Crippen LogP contribution in [0.15, 0.2) is 12.3 Å². The standard InChI is InChI=1S/C11H18N4O/c1-16-10-5-7-13-11(15-10)14-8-9-4-2-3-6-12-9/h5,7,9,12H,2-4,6,8H2,1H3,(H,13,14,15). The molecule has 1 aliphatic heterocycles. The Labute approximate surface area is 95.6 Å². The van der Waals surface area contributed by atoms with Crippen molar-refractivity contribution in [1.29, 1.82) is 0 Å². The van der Waals surface area contributed by atoms with E-state index >= 15 is 0 Å². The normalized spacial score (nSPS) is 20.4. The summed E-state index contributed by atoms with van der Waals surface area (Å²) in [4.78, 5) is 8.35. The number of methoxy groups -OCH3 is 1. The summed E-state index contributed by atoms with van der Waals surface area (Å²) in [5.41, 5.74) is 0. The predicted molar refractivity (Wildman–Crippen MR) is 62.7 cm³/mol. The fourth-order valence-electron chi connectivity index (χ4n) is 1.85. The monoisotopic (exact) mass is 222 g/mol. The minimum atomic E-state index is 0.531. The highest BCUT2D eigenvalue weighted by Gasteiger charge is 2.12. The van der Waals surface area contributed by atoms with Gasteiger partial charge in [-0.3, -0.25) is 0 Å². The van der Waals surface area contributed by atoms with Crippen molar-refractivity contribution in [3.63, 3.8) is 0 Å². The second kappa shape index (κ2) is 5.65. The van der Waals surface area contributed by atoms with Gasteiger partial charge in [0.25, 0.3) is 0 Å². The lowest BCUT2D eigenvalue weighted by Crippen LogP contribution is -2.39. The van der Waals surface area contributed by atoms with Gasteiger partial charge in [0.05, 0.1) is 7.11 Å². The first kappa shape index (κ1) is 11.1. The van der Waals surface area contributed by atoms with Gasteiger partial charge in [-0.2, -0.15) is 4.98 Å². The molecule has 1 aliphatic rings. The third-order valence-corrected chi connectivity index (χ3v) is 2.76. The molecule has 1 saturated heterocycles. The van der Waals surface area contributed by atoms with E-state index in [1.54, 1.807) is 19.4 Å². The predicted octanol–water partition coefficient (Wildman–Crippen LogP) is 1.04. The molecule has 2 N–H and O–H groups in total. The number of anilines is 1. The molecule has 1 aromatic rings. The van der Waals surface area contributed by atoms with E-state index in [0.717, 1.165) is 13.1 Å². The number of hydrogen-bond acceptors (Lipinski definition) is 5. The lowest BCUT2D eigenvalue weighted by Gasteiger charge is -2.23. The van der Waals surface area contributed by atoms with Crippen LogP contribution in [0.5, 0.6) is 5.88 Å². The second-order valence-corrected chi connectivity index (χ2v) is 3.95. The van der Waals surface area contributed by atoms with Crippen LogP contribution in [0.3, 0.4) is 0 Å². The summed E-state index contributed by atoms with van der Waals surface area (Å²) in [5.74, 6) is 1.22. The Morgan fingerprint density at radius 1 is 1.56 bits per heavy atom. The molecule has 16 heavy (non-hydrogen) atoms. The maximum Gasteiger partial charge on any atom is 0.225 e. The second-order valence-electron chi connectivity index (χ2n) is 3.95. The van der Waals surface area contributed by atoms with Crippen molar-refractivity contribution < 1.29 is 4.74 Å². The Hall–Kier alpha value is -1.36. The number of piperidine rings is 1. The molecule has 5 nitrogen and oxygen atoms in total. The largest absolute Gasteiger partial charge is 0.481 e. The third-order valence-electron chi connectivity index (χ3n) is 2.76. The molecule has 0 bridgehead atoms. The quantitative estimate of drug-likeness (QED) is 0.797. The SMILES string of the molecule is COc1ccnc(NCC2CCCCN2)n1. The zero-order valence-electron chi connectivity index (χ0n) is 9.57. The molecule has 0 aromatic carbocycles. The van der Waals surface area contributed by atoms with Gasteiger partial charge in [-0.25, -0.2) is 4.98 Å². The summed E-state index contributed by atoms with van der Waals surface area (Å²) in [6.07, 6.45) is 5.50. The number of aromatic nitrogens is 2. The first-order valence-electron chi connectivity index (χ1n) is 5.73. The maximum absolute atomic E-state index is 5.04. The fraction of sp³-hybridized carbons (Fsp3) is 0.636. The fourth-order valence-corrected chi connectivity index (χ4v) is 1.85. The van der Waals surface area contributed by atoms with Gasteiger partial charge in [0, 0.05) is 24.8 Å². The number of nitrogens with zero attached hydrogens (tertiary/aromatic N) is 2. The lowest BCUT2D eigenvalue weighted by atomic mass is 10.1. The van der Waals surface area contributed by atoms with E-state index in [1.165, 1.54) is 19.3 Å². The molecule has 0 amide bonds. The van der Waals surface area contributed by atoms with E-state index in [4.69, 9.17) is 4.74 Å². The van der Waals surface area contributed by atoms with Gasteiger partial charge in [-0.15, -0.1) is 0 Å². The molecule has 2 rings (SSSR count). The molecule has 1 fully saturated rings. The molecule has 0 saturated carbocycles. The number of ether oxygens (including phenoxy) is 1. The van der Waals surface area contributed by atoms with Crippen LogP contribution in [0.1, 0.15) is 19.3 Å². The zero-order valence-corrected chi connectivity index (χ0v) is 9.57. The van der Waals surface area contributed by atoms with Gasteiger partial charge in [0.2, 0.25) is 11.8 Å². The molecule has 1 unspecified atom stereocenters. The highest BCUT2D eigenvalue weighted by Crippen LogP contribution is 2.09. The van der Waals surface area contributed by atoms with Crippen LogP contribution in [0.25, 0.3) is 0 Å². The summed E-state index contributed by atoms with van der Waals surface area (Å²) < 4.78 is 5.04. The van der Waals surface area contributed by atoms with E-state index in [1.807, 2.05) is 0 Å². The lowest BCUT2D eigenvalue weighted by molar-refractivity contribution is 0.396. The highest BCUT2D eigenvalue weighted by molar-refractivity contribution is 5.27. The van der Waals surface area contributed by atoms with Crippen molar-refractivity contribution in [3.8, 4) is 5.88 Å². The molecule has 0 spiro atoms. The maximum atomic E-state index is 5.04. The van der Waals surface area contributed by atoms with Gasteiger partial charge >= 0.3 is 0 Å². The van der Waals surface area contributed by atoms with E-state index in [9.17, 15) is 0 Å². The number of nitrogens with one attached hydrogen (secondary N) is 2. The molecule has 0 radical (unpaired) electrons. The molecule has 88 valence electrons. The zero-order chi connectivity index (χ0) is 11.2. The van der Waals surface area contributed by atoms with Crippen molar-refractivity contribution in [2.24, 2.45) is 0 Å². The van der Waals surface area contributed by atoms with Crippen molar-refractivity contribution in [3.05, 3.63) is 12.3 Å². The Balaban J connectivity index is 1.83. The van der Waals surface area contributed by atoms with Crippen LogP contribution in [-0.2, 0) is 0 Å². The molecule has 1 aromatic heterocycles. The van der Waals surface area contributed by atoms with Crippen molar-refractivity contribution >= 4 is 5.95 Å². The van der Waals surface area contributed by atoms with Gasteiger partial charge in [-0.05, 0) is 19.4 Å². The molecular formula is C11H18N4O. The van der Waals surface area contributed by atoms with E-state index < -0.39 is 0 Å². The minimum absolute atomic E-state index is 0.531. The Morgan fingerprint density at radius 2 is 2.50 bits per heavy atom. The average Bonchev–Trinajstić information content (AvgIpc) is 2.38. The minimum Gasteiger partial charge on any atom is -0.481 e. The van der Waals surface area contributed by atoms with E-state index in [2.05, 4.69) is 20.6 Å². The summed E-state index contributed by atoms with van der Waals surface area (Å²) in [5, 5.41) is 6.69. The van der Waals surface area contributed by atoms with Crippen LogP contribution >= 0.6 is 0 Å². The summed E-state index contributed by atoms with van der Waals surface area (Å²) in [7, 11) is 1.61. The summed E-state index contributed by atoms with van der Waals surface area (Å²) >= 11 is 0. The Kier molecular flexibility index (Phi) is 3.93. The molecular weight excluding hydrogens is 204 g/mol. The highest BCUT2D eigenvalue weighted by atomic mass is 16.5. The van der Waals surface area contributed by atoms with Crippen molar-refractivity contribution in [2.45, 2.75) is 25.3 Å². The van der Waals surface area contributed by atoms with Crippen LogP contribution in [-0.4, -0.2) is 36.2 Å². The first-order chi connectivity index (χ1) is 7.88. The third kappa shape index (κ3) is 3.06. The van der Waals surface area contributed by atoms with Gasteiger partial charge in [-0.1, -0.05) is 6.42 Å². The van der Waals surface area contributed by atoms with E-state index in [-0.39, 0.29) is 0 Å². The number of hydrogen-bond donors (Lipinski definition) is 2. The van der Waals surface area contributed by atoms with Crippen LogP contribution < -0.4 is 15.4 Å². The molecule has 1 atom stereocenters. The van der Waals surface area contributed by atoms with Crippen molar-refractivity contribution in [1.82, 2.24) is 15.3 Å². The van der Waals surface area contributed by atoms with Gasteiger partial charge in [0.1, 0.15) is 0 Å². The smallest absolute Gasteiger partial charge is 0.225 e. The molecule has 5 heteroatoms. The first-order valence-corrected chi connectivity index (χ1v) is 5.73. The van der Waals surface area contributed by atoms with Crippen LogP contribution in [0, 0.1) is 0 Å². The van der Waals surface area contributed by atoms with Gasteiger partial charge in [0.15, 0.2) is 0 Å². The Bertz CT molecular complexity index is 326. The summed E-state index contributed by atoms with van der Waals surface area (Å²) in [6, 6.07) is 2.27. The average molecular weight is 222 g/mol. The van der Waals surface area contributed by atoms with Crippen LogP contribution in [0.2, 0.25) is 0 Å². The molecule has 0 aliphatic carbocycles. The Morgan fingerprint density at radius 3 is 3.25 bits per heavy atom. The summed E-state index contributed by atoms with van der Waals surface area (Å²) in [6.45, 7) is 1.98. The molecule has 2 heterocycles. The van der Waals surface area contributed by atoms with Gasteiger partial charge < -0.3 is 15.4 Å². The number of rotatable bonds is 4. The van der Waals surface area contributed by atoms with Crippen molar-refractivity contribution in [2.75, 3.05) is 25.5 Å². The topological polar surface area (TPSA) is 59.1 Å².